The molecule has 0 bridgehead atoms. The van der Waals surface area contributed by atoms with Gasteiger partial charge in [0.15, 0.2) is 0 Å². The first-order valence-corrected chi connectivity index (χ1v) is 5.87. The van der Waals surface area contributed by atoms with E-state index in [2.05, 4.69) is 5.32 Å². The Morgan fingerprint density at radius 1 is 1.35 bits per heavy atom. The minimum atomic E-state index is -4.52. The van der Waals surface area contributed by atoms with Crippen LogP contribution in [0.25, 0.3) is 0 Å². The Kier molecular flexibility index (Phi) is 4.65. The lowest BCUT2D eigenvalue weighted by Gasteiger charge is -2.19. The molecule has 7 heteroatoms. The number of ether oxygens (including phenoxy) is 1. The molecule has 112 valence electrons. The number of alkyl halides is 3. The summed E-state index contributed by atoms with van der Waals surface area (Å²) in [6.07, 6.45) is -4.52. The lowest BCUT2D eigenvalue weighted by atomic mass is 10.0. The first-order chi connectivity index (χ1) is 9.05. The van der Waals surface area contributed by atoms with Gasteiger partial charge in [0, 0.05) is 6.54 Å². The molecule has 1 aromatic carbocycles. The van der Waals surface area contributed by atoms with Gasteiger partial charge in [0.1, 0.15) is 5.75 Å². The fourth-order valence-corrected chi connectivity index (χ4v) is 1.50. The molecule has 0 radical (unpaired) electrons. The molecule has 0 atom stereocenters. The van der Waals surface area contributed by atoms with Crippen molar-refractivity contribution in [2.24, 2.45) is 5.73 Å². The highest BCUT2D eigenvalue weighted by Crippen LogP contribution is 2.34. The minimum Gasteiger partial charge on any atom is -0.497 e. The zero-order valence-electron chi connectivity index (χ0n) is 11.5. The number of hydrogen-bond acceptors (Lipinski definition) is 3. The number of nitrogens with one attached hydrogen (secondary N) is 1. The molecule has 1 amide bonds. The van der Waals surface area contributed by atoms with Crippen molar-refractivity contribution >= 4 is 5.91 Å². The normalized spacial score (nSPS) is 12.2. The highest BCUT2D eigenvalue weighted by atomic mass is 19.4. The molecule has 0 aliphatic rings. The average Bonchev–Trinajstić information content (AvgIpc) is 2.33. The molecule has 20 heavy (non-hydrogen) atoms. The Morgan fingerprint density at radius 3 is 2.40 bits per heavy atom. The first-order valence-electron chi connectivity index (χ1n) is 5.87. The van der Waals surface area contributed by atoms with Crippen LogP contribution in [0.15, 0.2) is 18.2 Å². The van der Waals surface area contributed by atoms with Crippen LogP contribution in [0, 0.1) is 0 Å². The zero-order valence-corrected chi connectivity index (χ0v) is 11.5. The summed E-state index contributed by atoms with van der Waals surface area (Å²) in [7, 11) is 1.29. The van der Waals surface area contributed by atoms with Crippen LogP contribution in [0.1, 0.15) is 25.0 Å². The minimum absolute atomic E-state index is 0.0455. The Labute approximate surface area is 115 Å². The molecule has 0 fully saturated rings. The fourth-order valence-electron chi connectivity index (χ4n) is 1.50. The van der Waals surface area contributed by atoms with Gasteiger partial charge in [-0.25, -0.2) is 0 Å². The topological polar surface area (TPSA) is 64.3 Å². The van der Waals surface area contributed by atoms with Crippen molar-refractivity contribution in [3.63, 3.8) is 0 Å². The van der Waals surface area contributed by atoms with E-state index in [1.54, 1.807) is 0 Å². The molecule has 0 aliphatic carbocycles. The number of hydrogen-bond donors (Lipinski definition) is 2. The third kappa shape index (κ3) is 4.12. The van der Waals surface area contributed by atoms with E-state index in [1.807, 2.05) is 0 Å². The van der Waals surface area contributed by atoms with Crippen LogP contribution in [0.5, 0.6) is 5.75 Å². The summed E-state index contributed by atoms with van der Waals surface area (Å²) < 4.78 is 43.6. The van der Waals surface area contributed by atoms with Gasteiger partial charge in [0.25, 0.3) is 0 Å². The second-order valence-electron chi connectivity index (χ2n) is 4.93. The predicted octanol–water partition coefficient (Wildman–Crippen LogP) is 2.07. The van der Waals surface area contributed by atoms with E-state index >= 15 is 0 Å². The molecule has 0 heterocycles. The van der Waals surface area contributed by atoms with Gasteiger partial charge in [0.2, 0.25) is 5.91 Å². The van der Waals surface area contributed by atoms with E-state index < -0.39 is 23.2 Å². The quantitative estimate of drug-likeness (QED) is 0.892. The maximum Gasteiger partial charge on any atom is 0.416 e. The van der Waals surface area contributed by atoms with Crippen LogP contribution in [-0.4, -0.2) is 18.6 Å². The van der Waals surface area contributed by atoms with E-state index in [4.69, 9.17) is 10.5 Å². The largest absolute Gasteiger partial charge is 0.497 e. The van der Waals surface area contributed by atoms with Crippen molar-refractivity contribution in [2.45, 2.75) is 32.1 Å². The monoisotopic (exact) mass is 290 g/mol. The number of carbonyl (C=O) groups excluding carboxylic acids is 1. The number of carbonyl (C=O) groups is 1. The molecule has 0 aliphatic heterocycles. The van der Waals surface area contributed by atoms with Crippen LogP contribution >= 0.6 is 0 Å². The number of benzene rings is 1. The number of nitrogens with two attached hydrogens (primary N) is 1. The Morgan fingerprint density at radius 2 is 1.95 bits per heavy atom. The van der Waals surface area contributed by atoms with Gasteiger partial charge in [-0.05, 0) is 31.5 Å². The maximum absolute atomic E-state index is 12.9. The van der Waals surface area contributed by atoms with E-state index in [-0.39, 0.29) is 17.9 Å². The Bertz CT molecular complexity index is 493. The molecule has 0 unspecified atom stereocenters. The van der Waals surface area contributed by atoms with Crippen LogP contribution in [0.3, 0.4) is 0 Å². The predicted molar refractivity (Wildman–Crippen MR) is 68.1 cm³/mol. The summed E-state index contributed by atoms with van der Waals surface area (Å²) in [5.74, 6) is -0.423. The van der Waals surface area contributed by atoms with Crippen molar-refractivity contribution in [3.05, 3.63) is 29.3 Å². The van der Waals surface area contributed by atoms with Crippen LogP contribution < -0.4 is 15.8 Å². The number of amides is 1. The Balaban J connectivity index is 2.98. The molecule has 4 nitrogen and oxygen atoms in total. The van der Waals surface area contributed by atoms with Crippen LogP contribution in [0.2, 0.25) is 0 Å². The molecular formula is C13H17F3N2O2. The molecule has 3 N–H and O–H groups in total. The third-order valence-electron chi connectivity index (χ3n) is 2.65. The van der Waals surface area contributed by atoms with Gasteiger partial charge in [-0.1, -0.05) is 6.07 Å². The van der Waals surface area contributed by atoms with Gasteiger partial charge in [-0.3, -0.25) is 4.79 Å². The molecule has 1 rings (SSSR count). The SMILES string of the molecule is COc1ccc(CNC(=O)C(C)(C)N)c(C(F)(F)F)c1. The van der Waals surface area contributed by atoms with E-state index in [9.17, 15) is 18.0 Å². The van der Waals surface area contributed by atoms with Crippen molar-refractivity contribution < 1.29 is 22.7 Å². The second kappa shape index (κ2) is 5.70. The van der Waals surface area contributed by atoms with Gasteiger partial charge in [-0.15, -0.1) is 0 Å². The number of methoxy groups -OCH3 is 1. The molecule has 0 saturated carbocycles. The highest BCUT2D eigenvalue weighted by Gasteiger charge is 2.34. The summed E-state index contributed by atoms with van der Waals surface area (Å²) in [5, 5.41) is 2.38. The first kappa shape index (κ1) is 16.3. The molecule has 0 aromatic heterocycles. The number of rotatable bonds is 4. The van der Waals surface area contributed by atoms with Gasteiger partial charge in [0.05, 0.1) is 18.2 Å². The van der Waals surface area contributed by atoms with Crippen molar-refractivity contribution in [3.8, 4) is 5.75 Å². The highest BCUT2D eigenvalue weighted by molar-refractivity contribution is 5.85. The van der Waals surface area contributed by atoms with E-state index in [0.717, 1.165) is 6.07 Å². The standard InChI is InChI=1S/C13H17F3N2O2/c1-12(2,17)11(19)18-7-8-4-5-9(20-3)6-10(8)13(14,15)16/h4-6H,7,17H2,1-3H3,(H,18,19). The van der Waals surface area contributed by atoms with E-state index in [1.165, 1.54) is 33.1 Å². The summed E-state index contributed by atoms with van der Waals surface area (Å²) in [5.41, 5.74) is 3.52. The molecular weight excluding hydrogens is 273 g/mol. The molecule has 1 aromatic rings. The lowest BCUT2D eigenvalue weighted by Crippen LogP contribution is -2.48. The Hall–Kier alpha value is -1.76. The summed E-state index contributed by atoms with van der Waals surface area (Å²) in [6, 6.07) is 3.57. The van der Waals surface area contributed by atoms with Crippen molar-refractivity contribution in [1.82, 2.24) is 5.32 Å². The lowest BCUT2D eigenvalue weighted by molar-refractivity contribution is -0.138. The van der Waals surface area contributed by atoms with E-state index in [0.29, 0.717) is 0 Å². The third-order valence-corrected chi connectivity index (χ3v) is 2.65. The van der Waals surface area contributed by atoms with Gasteiger partial charge < -0.3 is 15.8 Å². The van der Waals surface area contributed by atoms with Crippen molar-refractivity contribution in [2.75, 3.05) is 7.11 Å². The van der Waals surface area contributed by atoms with Gasteiger partial charge in [-0.2, -0.15) is 13.2 Å². The van der Waals surface area contributed by atoms with Crippen LogP contribution in [-0.2, 0) is 17.5 Å². The smallest absolute Gasteiger partial charge is 0.416 e. The van der Waals surface area contributed by atoms with Crippen LogP contribution in [0.4, 0.5) is 13.2 Å². The summed E-state index contributed by atoms with van der Waals surface area (Å²) in [4.78, 5) is 11.6. The summed E-state index contributed by atoms with van der Waals surface area (Å²) >= 11 is 0. The fraction of sp³-hybridized carbons (Fsp3) is 0.462. The van der Waals surface area contributed by atoms with Gasteiger partial charge >= 0.3 is 6.18 Å². The maximum atomic E-state index is 12.9. The molecule has 0 spiro atoms. The number of halogens is 3. The summed E-state index contributed by atoms with van der Waals surface area (Å²) in [6.45, 7) is 2.69. The second-order valence-corrected chi connectivity index (χ2v) is 4.93. The zero-order chi connectivity index (χ0) is 15.6. The van der Waals surface area contributed by atoms with Crippen molar-refractivity contribution in [1.29, 1.82) is 0 Å². The molecule has 0 saturated heterocycles. The average molecular weight is 290 g/mol.